The monoisotopic (exact) mass is 168 g/mol. The van der Waals surface area contributed by atoms with Gasteiger partial charge in [0.25, 0.3) is 0 Å². The fourth-order valence-electron chi connectivity index (χ4n) is 0.742. The van der Waals surface area contributed by atoms with E-state index >= 15 is 0 Å². The lowest BCUT2D eigenvalue weighted by molar-refractivity contribution is 0.934. The van der Waals surface area contributed by atoms with Crippen LogP contribution in [0.15, 0.2) is 34.5 Å². The highest BCUT2D eigenvalue weighted by Crippen LogP contribution is 2.09. The zero-order valence-corrected chi connectivity index (χ0v) is 7.04. The van der Waals surface area contributed by atoms with Gasteiger partial charge in [-0.15, -0.1) is 0 Å². The van der Waals surface area contributed by atoms with Crippen molar-refractivity contribution in [1.29, 1.82) is 0 Å². The Hall–Kier alpha value is -0.890. The van der Waals surface area contributed by atoms with Gasteiger partial charge in [0.2, 0.25) is 0 Å². The Morgan fingerprint density at radius 2 is 1.91 bits per heavy atom. The molecule has 1 aromatic carbocycles. The summed E-state index contributed by atoms with van der Waals surface area (Å²) in [6.45, 7) is 0.633. The summed E-state index contributed by atoms with van der Waals surface area (Å²) in [6.07, 6.45) is 0. The van der Waals surface area contributed by atoms with Crippen LogP contribution in [0, 0.1) is 0 Å². The summed E-state index contributed by atoms with van der Waals surface area (Å²) in [5, 5.41) is 8.25. The number of benzene rings is 1. The van der Waals surface area contributed by atoms with E-state index in [1.54, 1.807) is 7.05 Å². The molecular formula is C8H9ClN2. The maximum absolute atomic E-state index is 5.69. The molecule has 2 nitrogen and oxygen atoms in total. The first kappa shape index (κ1) is 8.21. The van der Waals surface area contributed by atoms with Gasteiger partial charge >= 0.3 is 0 Å². The number of nitrogens with zero attached hydrogens (tertiary/aromatic N) is 2. The Morgan fingerprint density at radius 3 is 2.45 bits per heavy atom. The van der Waals surface area contributed by atoms with Crippen LogP contribution in [0.1, 0.15) is 5.56 Å². The van der Waals surface area contributed by atoms with Crippen LogP contribution in [0.25, 0.3) is 0 Å². The largest absolute Gasteiger partial charge is 0.197 e. The average molecular weight is 169 g/mol. The minimum absolute atomic E-state index is 0.633. The molecule has 0 atom stereocenters. The molecular weight excluding hydrogens is 160 g/mol. The molecule has 0 spiro atoms. The van der Waals surface area contributed by atoms with E-state index in [0.717, 1.165) is 10.6 Å². The smallest absolute Gasteiger partial charge is 0.0849 e. The maximum Gasteiger partial charge on any atom is 0.0849 e. The molecule has 0 saturated heterocycles. The Bertz CT molecular complexity index is 241. The van der Waals surface area contributed by atoms with Crippen molar-refractivity contribution >= 4 is 11.6 Å². The lowest BCUT2D eigenvalue weighted by Crippen LogP contribution is -1.78. The van der Waals surface area contributed by atoms with Crippen molar-refractivity contribution in [3.63, 3.8) is 0 Å². The summed E-state index contributed by atoms with van der Waals surface area (Å²) in [4.78, 5) is 0. The fourth-order valence-corrected chi connectivity index (χ4v) is 0.868. The van der Waals surface area contributed by atoms with Crippen LogP contribution in [-0.4, -0.2) is 7.05 Å². The zero-order chi connectivity index (χ0) is 8.10. The van der Waals surface area contributed by atoms with E-state index in [2.05, 4.69) is 10.2 Å². The molecule has 1 aromatic rings. The molecule has 0 saturated carbocycles. The quantitative estimate of drug-likeness (QED) is 0.607. The zero-order valence-electron chi connectivity index (χ0n) is 6.29. The van der Waals surface area contributed by atoms with Crippen LogP contribution in [0.5, 0.6) is 0 Å². The van der Waals surface area contributed by atoms with E-state index in [4.69, 9.17) is 11.6 Å². The summed E-state index contributed by atoms with van der Waals surface area (Å²) in [5.74, 6) is 0. The molecule has 11 heavy (non-hydrogen) atoms. The second kappa shape index (κ2) is 4.09. The van der Waals surface area contributed by atoms with Crippen LogP contribution >= 0.6 is 11.6 Å². The molecule has 0 aliphatic carbocycles. The predicted octanol–water partition coefficient (Wildman–Crippen LogP) is 2.92. The van der Waals surface area contributed by atoms with Gasteiger partial charge in [-0.1, -0.05) is 23.7 Å². The molecule has 0 N–H and O–H groups in total. The van der Waals surface area contributed by atoms with Gasteiger partial charge in [-0.05, 0) is 17.7 Å². The number of hydrogen-bond acceptors (Lipinski definition) is 2. The molecule has 0 fully saturated rings. The highest BCUT2D eigenvalue weighted by molar-refractivity contribution is 6.30. The van der Waals surface area contributed by atoms with Crippen molar-refractivity contribution in [3.8, 4) is 0 Å². The van der Waals surface area contributed by atoms with E-state index < -0.39 is 0 Å². The fraction of sp³-hybridized carbons (Fsp3) is 0.250. The van der Waals surface area contributed by atoms with Gasteiger partial charge in [-0.3, -0.25) is 0 Å². The summed E-state index contributed by atoms with van der Waals surface area (Å²) < 4.78 is 0. The average Bonchev–Trinajstić information content (AvgIpc) is 2.04. The summed E-state index contributed by atoms with van der Waals surface area (Å²) >= 11 is 5.69. The first-order chi connectivity index (χ1) is 5.33. The van der Waals surface area contributed by atoms with Gasteiger partial charge in [0.15, 0.2) is 0 Å². The predicted molar refractivity (Wildman–Crippen MR) is 45.9 cm³/mol. The minimum atomic E-state index is 0.633. The van der Waals surface area contributed by atoms with E-state index in [9.17, 15) is 0 Å². The third-order valence-corrected chi connectivity index (χ3v) is 1.56. The Morgan fingerprint density at radius 1 is 1.27 bits per heavy atom. The van der Waals surface area contributed by atoms with Gasteiger partial charge in [-0.25, -0.2) is 0 Å². The Kier molecular flexibility index (Phi) is 3.05. The van der Waals surface area contributed by atoms with Crippen molar-refractivity contribution in [2.75, 3.05) is 7.05 Å². The molecule has 58 valence electrons. The second-order valence-corrected chi connectivity index (χ2v) is 2.56. The third kappa shape index (κ3) is 2.68. The number of halogens is 1. The normalized spacial score (nSPS) is 10.7. The highest BCUT2D eigenvalue weighted by atomic mass is 35.5. The lowest BCUT2D eigenvalue weighted by Gasteiger charge is -1.93. The molecule has 0 radical (unpaired) electrons. The summed E-state index contributed by atoms with van der Waals surface area (Å²) in [5.41, 5.74) is 1.13. The van der Waals surface area contributed by atoms with Gasteiger partial charge in [0.1, 0.15) is 0 Å². The van der Waals surface area contributed by atoms with Gasteiger partial charge in [0, 0.05) is 12.1 Å². The van der Waals surface area contributed by atoms with Crippen molar-refractivity contribution in [2.45, 2.75) is 6.54 Å². The van der Waals surface area contributed by atoms with Crippen LogP contribution < -0.4 is 0 Å². The first-order valence-corrected chi connectivity index (χ1v) is 3.71. The van der Waals surface area contributed by atoms with E-state index in [1.165, 1.54) is 0 Å². The Balaban J connectivity index is 2.66. The standard InChI is InChI=1S/C8H9ClN2/c1-10-11-6-7-2-4-8(9)5-3-7/h2-5H,6H2,1H3. The molecule has 0 aromatic heterocycles. The molecule has 0 bridgehead atoms. The van der Waals surface area contributed by atoms with Crippen molar-refractivity contribution < 1.29 is 0 Å². The van der Waals surface area contributed by atoms with Crippen LogP contribution in [0.4, 0.5) is 0 Å². The van der Waals surface area contributed by atoms with Crippen molar-refractivity contribution in [2.24, 2.45) is 10.2 Å². The number of rotatable bonds is 2. The molecule has 0 aliphatic heterocycles. The van der Waals surface area contributed by atoms with Crippen LogP contribution in [-0.2, 0) is 6.54 Å². The van der Waals surface area contributed by atoms with E-state index in [-0.39, 0.29) is 0 Å². The van der Waals surface area contributed by atoms with Crippen LogP contribution in [0.3, 0.4) is 0 Å². The van der Waals surface area contributed by atoms with Gasteiger partial charge in [0.05, 0.1) is 6.54 Å². The first-order valence-electron chi connectivity index (χ1n) is 3.33. The molecule has 0 heterocycles. The van der Waals surface area contributed by atoms with Crippen molar-refractivity contribution in [1.82, 2.24) is 0 Å². The molecule has 0 aliphatic rings. The maximum atomic E-state index is 5.69. The Labute approximate surface area is 70.9 Å². The third-order valence-electron chi connectivity index (χ3n) is 1.31. The minimum Gasteiger partial charge on any atom is -0.197 e. The molecule has 1 rings (SSSR count). The SMILES string of the molecule is CN=NCc1ccc(Cl)cc1. The lowest BCUT2D eigenvalue weighted by atomic mass is 10.2. The topological polar surface area (TPSA) is 24.7 Å². The molecule has 0 amide bonds. The van der Waals surface area contributed by atoms with Gasteiger partial charge < -0.3 is 0 Å². The van der Waals surface area contributed by atoms with E-state index in [1.807, 2.05) is 24.3 Å². The number of hydrogen-bond donors (Lipinski definition) is 0. The summed E-state index contributed by atoms with van der Waals surface area (Å²) in [7, 11) is 1.66. The molecule has 0 unspecified atom stereocenters. The second-order valence-electron chi connectivity index (χ2n) is 2.13. The van der Waals surface area contributed by atoms with Crippen molar-refractivity contribution in [3.05, 3.63) is 34.9 Å². The van der Waals surface area contributed by atoms with Gasteiger partial charge in [-0.2, -0.15) is 10.2 Å². The highest BCUT2D eigenvalue weighted by Gasteiger charge is 1.89. The van der Waals surface area contributed by atoms with E-state index in [0.29, 0.717) is 6.54 Å². The number of azo groups is 1. The van der Waals surface area contributed by atoms with Crippen LogP contribution in [0.2, 0.25) is 5.02 Å². The summed E-state index contributed by atoms with van der Waals surface area (Å²) in [6, 6.07) is 7.58. The molecule has 3 heteroatoms.